The lowest BCUT2D eigenvalue weighted by Gasteiger charge is -2.20. The second-order valence-corrected chi connectivity index (χ2v) is 9.58. The Hall–Kier alpha value is -3.45. The number of anilines is 1. The molecule has 0 atom stereocenters. The summed E-state index contributed by atoms with van der Waals surface area (Å²) in [5.74, 6) is -0.0383. The van der Waals surface area contributed by atoms with Crippen LogP contribution in [-0.4, -0.2) is 27.0 Å². The summed E-state index contributed by atoms with van der Waals surface area (Å²) in [5.41, 5.74) is 4.03. The molecule has 0 radical (unpaired) electrons. The minimum atomic E-state index is -0.616. The molecule has 2 aromatic carbocycles. The molecule has 2 aromatic heterocycles. The average Bonchev–Trinajstić information content (AvgIpc) is 3.38. The number of carbonyl (C=O) groups is 2. The number of Topliss-reactive ketones (excluding diaryl/α,β-unsaturated/α-hetero) is 1. The number of fused-ring (bicyclic) bond motifs is 1. The number of aryl methyl sites for hydroxylation is 1. The van der Waals surface area contributed by atoms with Gasteiger partial charge in [0.05, 0.1) is 17.4 Å². The molecule has 7 heteroatoms. The number of imidazole rings is 1. The van der Waals surface area contributed by atoms with E-state index in [9.17, 15) is 9.59 Å². The van der Waals surface area contributed by atoms with Crippen LogP contribution in [0.25, 0.3) is 21.5 Å². The number of aromatic nitrogens is 2. The summed E-state index contributed by atoms with van der Waals surface area (Å²) in [4.78, 5) is 31.0. The minimum Gasteiger partial charge on any atom is -0.444 e. The molecule has 6 nitrogen and oxygen atoms in total. The normalized spacial score (nSPS) is 11.5. The second-order valence-electron chi connectivity index (χ2n) is 8.64. The topological polar surface area (TPSA) is 73.2 Å². The summed E-state index contributed by atoms with van der Waals surface area (Å²) in [5, 5.41) is 4.82. The maximum atomic E-state index is 13.2. The quantitative estimate of drug-likeness (QED) is 0.377. The van der Waals surface area contributed by atoms with E-state index < -0.39 is 11.7 Å². The molecule has 0 bridgehead atoms. The number of nitrogens with one attached hydrogen (secondary N) is 1. The first kappa shape index (κ1) is 21.8. The highest BCUT2D eigenvalue weighted by Gasteiger charge is 2.19. The number of thiophene rings is 1. The van der Waals surface area contributed by atoms with Gasteiger partial charge in [0.15, 0.2) is 5.78 Å². The standard InChI is InChI=1S/C25H25N3O3S/c1-25(2,3)31-24(30)27-19-9-8-17(23-6-5-11-32-23)12-18(19)14-22(29)16-7-10-20-21(13-16)28(4)15-26-20/h5-13,15H,14H2,1-4H3,(H,27,30). The Morgan fingerprint density at radius 1 is 1.12 bits per heavy atom. The third kappa shape index (κ3) is 4.89. The SMILES string of the molecule is Cn1cnc2ccc(C(=O)Cc3cc(-c4cccs4)ccc3NC(=O)OC(C)(C)C)cc21. The summed E-state index contributed by atoms with van der Waals surface area (Å²) in [7, 11) is 1.90. The van der Waals surface area contributed by atoms with Crippen LogP contribution in [-0.2, 0) is 18.2 Å². The van der Waals surface area contributed by atoms with Crippen LogP contribution in [0.1, 0.15) is 36.7 Å². The van der Waals surface area contributed by atoms with Crippen molar-refractivity contribution in [1.29, 1.82) is 0 Å². The highest BCUT2D eigenvalue weighted by molar-refractivity contribution is 7.13. The van der Waals surface area contributed by atoms with Gasteiger partial charge in [-0.2, -0.15) is 0 Å². The van der Waals surface area contributed by atoms with Crippen molar-refractivity contribution in [2.75, 3.05) is 5.32 Å². The monoisotopic (exact) mass is 447 g/mol. The number of hydrogen-bond acceptors (Lipinski definition) is 5. The smallest absolute Gasteiger partial charge is 0.412 e. The molecule has 0 aliphatic rings. The van der Waals surface area contributed by atoms with Crippen molar-refractivity contribution in [3.8, 4) is 10.4 Å². The molecular formula is C25H25N3O3S. The van der Waals surface area contributed by atoms with Crippen molar-refractivity contribution in [2.24, 2.45) is 7.05 Å². The van der Waals surface area contributed by atoms with Gasteiger partial charge in [-0.05, 0) is 73.7 Å². The molecule has 32 heavy (non-hydrogen) atoms. The average molecular weight is 448 g/mol. The predicted octanol–water partition coefficient (Wildman–Crippen LogP) is 6.07. The Kier molecular flexibility index (Phi) is 5.84. The molecule has 0 saturated heterocycles. The fraction of sp³-hybridized carbons (Fsp3) is 0.240. The van der Waals surface area contributed by atoms with E-state index in [2.05, 4.69) is 10.3 Å². The van der Waals surface area contributed by atoms with Crippen LogP contribution in [0.4, 0.5) is 10.5 Å². The van der Waals surface area contributed by atoms with Gasteiger partial charge in [0, 0.05) is 29.6 Å². The van der Waals surface area contributed by atoms with Crippen LogP contribution in [0, 0.1) is 0 Å². The van der Waals surface area contributed by atoms with E-state index in [-0.39, 0.29) is 12.2 Å². The maximum Gasteiger partial charge on any atom is 0.412 e. The Labute approximate surface area is 190 Å². The van der Waals surface area contributed by atoms with E-state index in [1.807, 2.05) is 80.2 Å². The Morgan fingerprint density at radius 2 is 1.94 bits per heavy atom. The van der Waals surface area contributed by atoms with Crippen molar-refractivity contribution in [2.45, 2.75) is 32.8 Å². The zero-order valence-electron chi connectivity index (χ0n) is 18.5. The molecule has 0 aliphatic carbocycles. The summed E-state index contributed by atoms with van der Waals surface area (Å²) >= 11 is 1.62. The molecule has 0 unspecified atom stereocenters. The Morgan fingerprint density at radius 3 is 2.66 bits per heavy atom. The molecule has 1 N–H and O–H groups in total. The van der Waals surface area contributed by atoms with Crippen molar-refractivity contribution in [3.05, 3.63) is 71.4 Å². The summed E-state index contributed by atoms with van der Waals surface area (Å²) in [6, 6.07) is 15.2. The van der Waals surface area contributed by atoms with E-state index in [0.29, 0.717) is 11.3 Å². The molecule has 4 aromatic rings. The van der Waals surface area contributed by atoms with Gasteiger partial charge in [0.25, 0.3) is 0 Å². The van der Waals surface area contributed by atoms with Gasteiger partial charge < -0.3 is 9.30 Å². The molecule has 0 spiro atoms. The number of ether oxygens (including phenoxy) is 1. The van der Waals surface area contributed by atoms with Gasteiger partial charge in [-0.15, -0.1) is 11.3 Å². The van der Waals surface area contributed by atoms with Gasteiger partial charge in [-0.25, -0.2) is 9.78 Å². The van der Waals surface area contributed by atoms with Crippen LogP contribution in [0.2, 0.25) is 0 Å². The molecule has 164 valence electrons. The number of benzene rings is 2. The van der Waals surface area contributed by atoms with Crippen LogP contribution in [0.15, 0.2) is 60.2 Å². The van der Waals surface area contributed by atoms with Crippen molar-refractivity contribution in [3.63, 3.8) is 0 Å². The first-order chi connectivity index (χ1) is 15.2. The summed E-state index contributed by atoms with van der Waals surface area (Å²) in [6.45, 7) is 5.43. The van der Waals surface area contributed by atoms with Crippen LogP contribution in [0.5, 0.6) is 0 Å². The predicted molar refractivity (Wildman–Crippen MR) is 128 cm³/mol. The molecule has 4 rings (SSSR count). The fourth-order valence-electron chi connectivity index (χ4n) is 3.45. The van der Waals surface area contributed by atoms with Gasteiger partial charge in [0.1, 0.15) is 5.60 Å². The van der Waals surface area contributed by atoms with E-state index in [1.54, 1.807) is 23.7 Å². The number of carbonyl (C=O) groups excluding carboxylic acids is 2. The Balaban J connectivity index is 1.65. The number of hydrogen-bond donors (Lipinski definition) is 1. The summed E-state index contributed by atoms with van der Waals surface area (Å²) < 4.78 is 7.29. The number of amides is 1. The molecule has 2 heterocycles. The number of rotatable bonds is 5. The van der Waals surface area contributed by atoms with Crippen molar-refractivity contribution in [1.82, 2.24) is 9.55 Å². The van der Waals surface area contributed by atoms with E-state index in [0.717, 1.165) is 27.0 Å². The highest BCUT2D eigenvalue weighted by Crippen LogP contribution is 2.30. The van der Waals surface area contributed by atoms with Crippen LogP contribution in [0.3, 0.4) is 0 Å². The van der Waals surface area contributed by atoms with Gasteiger partial charge in [0.2, 0.25) is 0 Å². The molecule has 0 saturated carbocycles. The zero-order valence-corrected chi connectivity index (χ0v) is 19.3. The molecule has 1 amide bonds. The third-order valence-electron chi connectivity index (χ3n) is 4.94. The Bertz CT molecular complexity index is 1280. The fourth-order valence-corrected chi connectivity index (χ4v) is 4.17. The van der Waals surface area contributed by atoms with Gasteiger partial charge in [-0.1, -0.05) is 12.1 Å². The lowest BCUT2D eigenvalue weighted by atomic mass is 9.99. The van der Waals surface area contributed by atoms with Crippen molar-refractivity contribution < 1.29 is 14.3 Å². The summed E-state index contributed by atoms with van der Waals surface area (Å²) in [6.07, 6.45) is 1.33. The largest absolute Gasteiger partial charge is 0.444 e. The van der Waals surface area contributed by atoms with Crippen molar-refractivity contribution >= 4 is 39.9 Å². The first-order valence-electron chi connectivity index (χ1n) is 10.3. The van der Waals surface area contributed by atoms with E-state index >= 15 is 0 Å². The maximum absolute atomic E-state index is 13.2. The number of ketones is 1. The highest BCUT2D eigenvalue weighted by atomic mass is 32.1. The lowest BCUT2D eigenvalue weighted by Crippen LogP contribution is -2.27. The van der Waals surface area contributed by atoms with Gasteiger partial charge in [-0.3, -0.25) is 10.1 Å². The third-order valence-corrected chi connectivity index (χ3v) is 5.86. The minimum absolute atomic E-state index is 0.0383. The molecular weight excluding hydrogens is 422 g/mol. The first-order valence-corrected chi connectivity index (χ1v) is 11.2. The molecule has 0 aliphatic heterocycles. The van der Waals surface area contributed by atoms with E-state index in [4.69, 9.17) is 4.74 Å². The van der Waals surface area contributed by atoms with Gasteiger partial charge >= 0.3 is 6.09 Å². The second kappa shape index (κ2) is 8.59. The molecule has 0 fully saturated rings. The lowest BCUT2D eigenvalue weighted by molar-refractivity contribution is 0.0635. The van der Waals surface area contributed by atoms with Crippen LogP contribution >= 0.6 is 11.3 Å². The number of nitrogens with zero attached hydrogens (tertiary/aromatic N) is 2. The van der Waals surface area contributed by atoms with E-state index in [1.165, 1.54) is 0 Å². The zero-order chi connectivity index (χ0) is 22.9. The van der Waals surface area contributed by atoms with Crippen LogP contribution < -0.4 is 5.32 Å².